The highest BCUT2D eigenvalue weighted by molar-refractivity contribution is 5.11. The number of nitrogens with zero attached hydrogens (tertiary/aromatic N) is 1. The normalized spacial score (nSPS) is 15.9. The first kappa shape index (κ1) is 16.0. The van der Waals surface area contributed by atoms with Crippen molar-refractivity contribution < 1.29 is 5.11 Å². The average Bonchev–Trinajstić information content (AvgIpc) is 2.31. The Bertz CT molecular complexity index is 287. The molecule has 1 atom stereocenters. The van der Waals surface area contributed by atoms with Gasteiger partial charge in [0, 0.05) is 12.5 Å². The van der Waals surface area contributed by atoms with E-state index in [1.54, 1.807) is 0 Å². The van der Waals surface area contributed by atoms with Gasteiger partial charge >= 0.3 is 0 Å². The van der Waals surface area contributed by atoms with Gasteiger partial charge in [-0.05, 0) is 46.4 Å². The van der Waals surface area contributed by atoms with Crippen molar-refractivity contribution in [2.45, 2.75) is 46.1 Å². The molecule has 0 rings (SSSR count). The van der Waals surface area contributed by atoms with E-state index in [2.05, 4.69) is 45.0 Å². The molecule has 1 N–H and O–H groups in total. The lowest BCUT2D eigenvalue weighted by atomic mass is 10.1. The van der Waals surface area contributed by atoms with Gasteiger partial charge in [0.15, 0.2) is 0 Å². The molecule has 2 nitrogen and oxygen atoms in total. The molecular weight excluding hydrogens is 210 g/mol. The Morgan fingerprint density at radius 2 is 1.82 bits per heavy atom. The second kappa shape index (κ2) is 9.06. The topological polar surface area (TPSA) is 23.5 Å². The maximum Gasteiger partial charge on any atom is 0.0949 e. The van der Waals surface area contributed by atoms with Gasteiger partial charge in [-0.15, -0.1) is 0 Å². The zero-order valence-electron chi connectivity index (χ0n) is 11.9. The maximum atomic E-state index is 9.63. The monoisotopic (exact) mass is 237 g/mol. The lowest BCUT2D eigenvalue weighted by Crippen LogP contribution is -2.23. The summed E-state index contributed by atoms with van der Waals surface area (Å²) < 4.78 is 0. The largest absolute Gasteiger partial charge is 0.512 e. The third-order valence-corrected chi connectivity index (χ3v) is 3.08. The smallest absolute Gasteiger partial charge is 0.0949 e. The molecular formula is C15H27NO. The van der Waals surface area contributed by atoms with E-state index in [1.165, 1.54) is 0 Å². The Labute approximate surface area is 106 Å². The van der Waals surface area contributed by atoms with Crippen molar-refractivity contribution in [1.29, 1.82) is 0 Å². The van der Waals surface area contributed by atoms with Crippen molar-refractivity contribution in [3.05, 3.63) is 35.6 Å². The molecule has 0 aromatic carbocycles. The van der Waals surface area contributed by atoms with E-state index < -0.39 is 0 Å². The number of aliphatic hydroxyl groups excluding tert-OH is 1. The summed E-state index contributed by atoms with van der Waals surface area (Å²) in [6, 6.07) is 0.565. The summed E-state index contributed by atoms with van der Waals surface area (Å²) in [7, 11) is 4.18. The molecule has 0 aliphatic heterocycles. The molecule has 0 fully saturated rings. The molecule has 0 saturated carbocycles. The first-order valence-corrected chi connectivity index (χ1v) is 6.34. The van der Waals surface area contributed by atoms with Gasteiger partial charge in [0.2, 0.25) is 0 Å². The van der Waals surface area contributed by atoms with Crippen LogP contribution in [0.25, 0.3) is 0 Å². The molecule has 98 valence electrons. The highest BCUT2D eigenvalue weighted by Gasteiger charge is 1.99. The summed E-state index contributed by atoms with van der Waals surface area (Å²) in [5, 5.41) is 9.63. The molecule has 0 spiro atoms. The Morgan fingerprint density at radius 3 is 2.35 bits per heavy atom. The number of rotatable bonds is 7. The van der Waals surface area contributed by atoms with Gasteiger partial charge in [-0.2, -0.15) is 0 Å². The zero-order valence-corrected chi connectivity index (χ0v) is 11.9. The Balaban J connectivity index is 3.93. The van der Waals surface area contributed by atoms with Crippen LogP contribution in [0.2, 0.25) is 0 Å². The summed E-state index contributed by atoms with van der Waals surface area (Å²) >= 11 is 0. The van der Waals surface area contributed by atoms with Gasteiger partial charge in [-0.25, -0.2) is 0 Å². The van der Waals surface area contributed by atoms with E-state index in [-0.39, 0.29) is 0 Å². The second-order valence-corrected chi connectivity index (χ2v) is 4.69. The van der Waals surface area contributed by atoms with Crippen LogP contribution in [0, 0.1) is 0 Å². The molecule has 0 aliphatic rings. The number of allylic oxidation sites excluding steroid dienone is 4. The highest BCUT2D eigenvalue weighted by atomic mass is 16.3. The Morgan fingerprint density at radius 1 is 1.24 bits per heavy atom. The molecule has 0 unspecified atom stereocenters. The van der Waals surface area contributed by atoms with Gasteiger partial charge in [0.1, 0.15) is 0 Å². The molecule has 2 heteroatoms. The fourth-order valence-electron chi connectivity index (χ4n) is 1.20. The first-order chi connectivity index (χ1) is 7.99. The fourth-order valence-corrected chi connectivity index (χ4v) is 1.20. The van der Waals surface area contributed by atoms with Crippen molar-refractivity contribution in [1.82, 2.24) is 4.90 Å². The van der Waals surface area contributed by atoms with Crippen LogP contribution in [0.15, 0.2) is 35.6 Å². The minimum Gasteiger partial charge on any atom is -0.512 e. The fraction of sp³-hybridized carbons (Fsp3) is 0.600. The van der Waals surface area contributed by atoms with Crippen LogP contribution in [0.5, 0.6) is 0 Å². The lowest BCUT2D eigenvalue weighted by Gasteiger charge is -2.17. The average molecular weight is 237 g/mol. The van der Waals surface area contributed by atoms with Crippen LogP contribution >= 0.6 is 0 Å². The predicted octanol–water partition coefficient (Wildman–Crippen LogP) is 4.07. The standard InChI is InChI=1S/C15H27NO/c1-6-13(2)15(17)12-10-8-7-9-11-14(3)16(4)5/h7-10,14,17H,6,11-12H2,1-5H3/b9-7+,10-8?,15-13-/t14-/m0/s1. The third-order valence-electron chi connectivity index (χ3n) is 3.08. The molecule has 0 saturated heterocycles. The minimum atomic E-state index is 0.499. The minimum absolute atomic E-state index is 0.499. The molecule has 0 amide bonds. The molecule has 0 aromatic heterocycles. The van der Waals surface area contributed by atoms with Crippen LogP contribution < -0.4 is 0 Å². The van der Waals surface area contributed by atoms with Crippen LogP contribution in [0.4, 0.5) is 0 Å². The summed E-state index contributed by atoms with van der Waals surface area (Å²) in [4.78, 5) is 2.20. The number of aliphatic hydroxyl groups is 1. The van der Waals surface area contributed by atoms with Crippen LogP contribution in [-0.2, 0) is 0 Å². The molecule has 0 radical (unpaired) electrons. The molecule has 0 bridgehead atoms. The first-order valence-electron chi connectivity index (χ1n) is 6.34. The molecule has 0 heterocycles. The van der Waals surface area contributed by atoms with Crippen molar-refractivity contribution in [2.24, 2.45) is 0 Å². The number of hydrogen-bond acceptors (Lipinski definition) is 2. The summed E-state index contributed by atoms with van der Waals surface area (Å²) in [6.45, 7) is 6.23. The molecule has 0 aliphatic carbocycles. The van der Waals surface area contributed by atoms with E-state index in [0.717, 1.165) is 18.4 Å². The third kappa shape index (κ3) is 7.81. The summed E-state index contributed by atoms with van der Waals surface area (Å²) in [5.41, 5.74) is 1.07. The highest BCUT2D eigenvalue weighted by Crippen LogP contribution is 2.09. The van der Waals surface area contributed by atoms with Gasteiger partial charge < -0.3 is 10.0 Å². The van der Waals surface area contributed by atoms with E-state index in [9.17, 15) is 5.11 Å². The Kier molecular flexibility index (Phi) is 8.51. The lowest BCUT2D eigenvalue weighted by molar-refractivity contribution is 0.316. The predicted molar refractivity (Wildman–Crippen MR) is 76.3 cm³/mol. The SMILES string of the molecule is CC/C(C)=C(\O)CC=C/C=C/C[C@H](C)N(C)C. The van der Waals surface area contributed by atoms with E-state index >= 15 is 0 Å². The van der Waals surface area contributed by atoms with Crippen molar-refractivity contribution in [2.75, 3.05) is 14.1 Å². The van der Waals surface area contributed by atoms with Gasteiger partial charge in [-0.3, -0.25) is 0 Å². The van der Waals surface area contributed by atoms with E-state index in [0.29, 0.717) is 18.2 Å². The second-order valence-electron chi connectivity index (χ2n) is 4.69. The summed E-state index contributed by atoms with van der Waals surface area (Å²) in [5.74, 6) is 0.499. The van der Waals surface area contributed by atoms with Gasteiger partial charge in [0.05, 0.1) is 5.76 Å². The molecule has 0 aromatic rings. The number of hydrogen-bond donors (Lipinski definition) is 1. The van der Waals surface area contributed by atoms with Crippen LogP contribution in [0.3, 0.4) is 0 Å². The van der Waals surface area contributed by atoms with E-state index in [1.807, 2.05) is 19.1 Å². The van der Waals surface area contributed by atoms with Gasteiger partial charge in [0.25, 0.3) is 0 Å². The Hall–Kier alpha value is -1.02. The summed E-state index contributed by atoms with van der Waals surface area (Å²) in [6.07, 6.45) is 10.8. The van der Waals surface area contributed by atoms with Crippen molar-refractivity contribution in [3.8, 4) is 0 Å². The van der Waals surface area contributed by atoms with Crippen LogP contribution in [-0.4, -0.2) is 30.1 Å². The maximum absolute atomic E-state index is 9.63. The quantitative estimate of drug-likeness (QED) is 0.533. The van der Waals surface area contributed by atoms with Crippen molar-refractivity contribution in [3.63, 3.8) is 0 Å². The molecule has 17 heavy (non-hydrogen) atoms. The van der Waals surface area contributed by atoms with E-state index in [4.69, 9.17) is 0 Å². The zero-order chi connectivity index (χ0) is 13.3. The van der Waals surface area contributed by atoms with Gasteiger partial charge in [-0.1, -0.05) is 31.2 Å². The van der Waals surface area contributed by atoms with Crippen molar-refractivity contribution >= 4 is 0 Å². The van der Waals surface area contributed by atoms with Crippen LogP contribution in [0.1, 0.15) is 40.0 Å².